The molecule has 0 radical (unpaired) electrons. The minimum Gasteiger partial charge on any atom is -0.352 e. The van der Waals surface area contributed by atoms with Gasteiger partial charge >= 0.3 is 0 Å². The molecule has 0 heterocycles. The highest BCUT2D eigenvalue weighted by Crippen LogP contribution is 2.34. The van der Waals surface area contributed by atoms with Crippen LogP contribution in [-0.4, -0.2) is 28.5 Å². The molecule has 0 aromatic heterocycles. The second-order valence-corrected chi connectivity index (χ2v) is 7.74. The molecule has 2 rings (SSSR count). The van der Waals surface area contributed by atoms with E-state index < -0.39 is 0 Å². The van der Waals surface area contributed by atoms with Crippen molar-refractivity contribution in [3.8, 4) is 0 Å². The van der Waals surface area contributed by atoms with E-state index in [-0.39, 0.29) is 17.5 Å². The van der Waals surface area contributed by atoms with Crippen molar-refractivity contribution < 1.29 is 14.3 Å². The van der Waals surface area contributed by atoms with Crippen LogP contribution in [0.25, 0.3) is 0 Å². The van der Waals surface area contributed by atoms with E-state index in [0.29, 0.717) is 18.9 Å². The van der Waals surface area contributed by atoms with Crippen molar-refractivity contribution in [2.45, 2.75) is 56.3 Å². The zero-order valence-electron chi connectivity index (χ0n) is 13.6. The van der Waals surface area contributed by atoms with Gasteiger partial charge in [-0.3, -0.25) is 4.79 Å². The maximum Gasteiger partial charge on any atom is 0.193 e. The Hall–Kier alpha value is -0.110. The third-order valence-corrected chi connectivity index (χ3v) is 5.75. The molecule has 0 aliphatic heterocycles. The number of carbonyl (C=O) groups excluding carboxylic acids is 1. The van der Waals surface area contributed by atoms with Crippen LogP contribution in [0.4, 0.5) is 0 Å². The molecule has 0 bridgehead atoms. The number of carbonyl (C=O) groups is 1. The quantitative estimate of drug-likeness (QED) is 0.229. The molecule has 0 saturated heterocycles. The number of benzene rings is 1. The van der Waals surface area contributed by atoms with Gasteiger partial charge in [-0.05, 0) is 44.2 Å². The predicted octanol–water partition coefficient (Wildman–Crippen LogP) is 5.07. The average Bonchev–Trinajstić information content (AvgIpc) is 3.00. The first-order valence-electron chi connectivity index (χ1n) is 8.31. The minimum absolute atomic E-state index is 0.111. The number of hydrogen-bond acceptors (Lipinski definition) is 4. The molecule has 3 nitrogen and oxygen atoms in total. The standard InChI is InChI=1S/C18H25IO3S/c1-2-21-18(13-19)22-16-10-6-7-14(16)11-12-17(20)23-15-8-4-3-5-9-15/h3-5,8-9,14,16,18H,2,6-7,10-13H2,1H3. The monoisotopic (exact) mass is 448 g/mol. The van der Waals surface area contributed by atoms with E-state index in [4.69, 9.17) is 9.47 Å². The first-order valence-corrected chi connectivity index (χ1v) is 10.7. The van der Waals surface area contributed by atoms with E-state index in [1.54, 1.807) is 0 Å². The summed E-state index contributed by atoms with van der Waals surface area (Å²) >= 11 is 3.65. The highest BCUT2D eigenvalue weighted by Gasteiger charge is 2.30. The summed E-state index contributed by atoms with van der Waals surface area (Å²) in [5, 5.41) is 0.247. The molecule has 3 unspecified atom stereocenters. The minimum atomic E-state index is -0.111. The number of rotatable bonds is 9. The Morgan fingerprint density at radius 2 is 2.13 bits per heavy atom. The Bertz CT molecular complexity index is 469. The fourth-order valence-electron chi connectivity index (χ4n) is 2.99. The van der Waals surface area contributed by atoms with Gasteiger partial charge < -0.3 is 9.47 Å². The molecule has 1 aliphatic rings. The van der Waals surface area contributed by atoms with Gasteiger partial charge in [-0.15, -0.1) is 0 Å². The molecular weight excluding hydrogens is 423 g/mol. The summed E-state index contributed by atoms with van der Waals surface area (Å²) in [5.74, 6) is 0.487. The lowest BCUT2D eigenvalue weighted by molar-refractivity contribution is -0.161. The van der Waals surface area contributed by atoms with Gasteiger partial charge in [0.1, 0.15) is 0 Å². The highest BCUT2D eigenvalue weighted by atomic mass is 127. The Balaban J connectivity index is 1.76. The molecule has 1 aliphatic carbocycles. The second-order valence-electron chi connectivity index (χ2n) is 5.73. The zero-order chi connectivity index (χ0) is 16.5. The summed E-state index contributed by atoms with van der Waals surface area (Å²) in [4.78, 5) is 13.2. The number of halogens is 1. The van der Waals surface area contributed by atoms with Crippen LogP contribution in [0.2, 0.25) is 0 Å². The van der Waals surface area contributed by atoms with Gasteiger partial charge in [0, 0.05) is 17.9 Å². The molecule has 0 N–H and O–H groups in total. The number of ether oxygens (including phenoxy) is 2. The molecule has 0 spiro atoms. The van der Waals surface area contributed by atoms with Crippen molar-refractivity contribution in [1.29, 1.82) is 0 Å². The molecule has 1 aromatic carbocycles. The molecule has 0 amide bonds. The fourth-order valence-corrected chi connectivity index (χ4v) is 4.23. The SMILES string of the molecule is CCOC(CI)OC1CCCC1CCC(=O)Sc1ccccc1. The lowest BCUT2D eigenvalue weighted by atomic mass is 10.00. The van der Waals surface area contributed by atoms with E-state index >= 15 is 0 Å². The Morgan fingerprint density at radius 3 is 2.83 bits per heavy atom. The van der Waals surface area contributed by atoms with Gasteiger partial charge in [0.25, 0.3) is 0 Å². The van der Waals surface area contributed by atoms with Crippen LogP contribution in [0.1, 0.15) is 39.0 Å². The normalized spacial score (nSPS) is 22.2. The van der Waals surface area contributed by atoms with Gasteiger partial charge in [0.05, 0.1) is 10.5 Å². The van der Waals surface area contributed by atoms with E-state index in [0.717, 1.165) is 28.6 Å². The smallest absolute Gasteiger partial charge is 0.193 e. The summed E-state index contributed by atoms with van der Waals surface area (Å²) in [6.45, 7) is 2.67. The van der Waals surface area contributed by atoms with E-state index in [2.05, 4.69) is 22.6 Å². The molecule has 1 saturated carbocycles. The summed E-state index contributed by atoms with van der Waals surface area (Å²) in [7, 11) is 0. The second kappa shape index (κ2) is 10.7. The first-order chi connectivity index (χ1) is 11.2. The van der Waals surface area contributed by atoms with Gasteiger partial charge in [-0.1, -0.05) is 59.0 Å². The van der Waals surface area contributed by atoms with Gasteiger partial charge in [-0.2, -0.15) is 0 Å². The number of hydrogen-bond donors (Lipinski definition) is 0. The average molecular weight is 448 g/mol. The van der Waals surface area contributed by atoms with Gasteiger partial charge in [0.2, 0.25) is 0 Å². The van der Waals surface area contributed by atoms with Crippen molar-refractivity contribution in [3.05, 3.63) is 30.3 Å². The fraction of sp³-hybridized carbons (Fsp3) is 0.611. The van der Waals surface area contributed by atoms with Crippen LogP contribution >= 0.6 is 34.4 Å². The highest BCUT2D eigenvalue weighted by molar-refractivity contribution is 14.1. The topological polar surface area (TPSA) is 35.5 Å². The largest absolute Gasteiger partial charge is 0.352 e. The van der Waals surface area contributed by atoms with Crippen LogP contribution in [0.5, 0.6) is 0 Å². The lowest BCUT2D eigenvalue weighted by Crippen LogP contribution is -2.28. The van der Waals surface area contributed by atoms with Crippen molar-refractivity contribution in [3.63, 3.8) is 0 Å². The number of thioether (sulfide) groups is 1. The van der Waals surface area contributed by atoms with Crippen molar-refractivity contribution in [1.82, 2.24) is 0 Å². The molecule has 5 heteroatoms. The van der Waals surface area contributed by atoms with Gasteiger partial charge in [0.15, 0.2) is 11.4 Å². The first kappa shape index (κ1) is 19.2. The number of alkyl halides is 1. The Labute approximate surface area is 157 Å². The van der Waals surface area contributed by atoms with Crippen LogP contribution in [0.3, 0.4) is 0 Å². The lowest BCUT2D eigenvalue weighted by Gasteiger charge is -2.25. The summed E-state index contributed by atoms with van der Waals surface area (Å²) in [6.07, 6.45) is 5.11. The third-order valence-electron chi connectivity index (χ3n) is 4.09. The summed E-state index contributed by atoms with van der Waals surface area (Å²) in [5.41, 5.74) is 0. The van der Waals surface area contributed by atoms with Gasteiger partial charge in [-0.25, -0.2) is 0 Å². The molecule has 128 valence electrons. The Morgan fingerprint density at radius 1 is 1.35 bits per heavy atom. The van der Waals surface area contributed by atoms with E-state index in [1.165, 1.54) is 18.2 Å². The summed E-state index contributed by atoms with van der Waals surface area (Å²) in [6, 6.07) is 9.87. The van der Waals surface area contributed by atoms with Crippen molar-refractivity contribution in [2.75, 3.05) is 11.0 Å². The predicted molar refractivity (Wildman–Crippen MR) is 103 cm³/mol. The van der Waals surface area contributed by atoms with Crippen LogP contribution in [-0.2, 0) is 14.3 Å². The Kier molecular flexibility index (Phi) is 8.93. The van der Waals surface area contributed by atoms with Crippen LogP contribution in [0, 0.1) is 5.92 Å². The zero-order valence-corrected chi connectivity index (χ0v) is 16.6. The molecule has 23 heavy (non-hydrogen) atoms. The maximum atomic E-state index is 12.2. The van der Waals surface area contributed by atoms with E-state index in [1.807, 2.05) is 37.3 Å². The third kappa shape index (κ3) is 6.72. The maximum absolute atomic E-state index is 12.2. The van der Waals surface area contributed by atoms with Crippen molar-refractivity contribution in [2.24, 2.45) is 5.92 Å². The van der Waals surface area contributed by atoms with Crippen molar-refractivity contribution >= 4 is 39.5 Å². The summed E-state index contributed by atoms with van der Waals surface area (Å²) < 4.78 is 12.6. The molecule has 1 fully saturated rings. The molecular formula is C18H25IO3S. The van der Waals surface area contributed by atoms with Crippen LogP contribution in [0.15, 0.2) is 35.2 Å². The van der Waals surface area contributed by atoms with Crippen LogP contribution < -0.4 is 0 Å². The van der Waals surface area contributed by atoms with E-state index in [9.17, 15) is 4.79 Å². The molecule has 1 aromatic rings. The molecule has 3 atom stereocenters.